The molecule has 1 aliphatic heterocycles. The number of anilines is 2. The first kappa shape index (κ1) is 19.7. The number of fused-ring (bicyclic) bond motifs is 1. The molecular weight excluding hydrogens is 438 g/mol. The standard InChI is InChI=1S/C19H19N7O3S2/c1-12(27)16-17(20)26-18(23-19(16)24-3-6-31(28,29)7-4-24)15(9-22-26)13-8-21-25(10-13)14-2-5-30-11-14/h2,5,8-11H,3-4,6-7,20H2,1H3. The van der Waals surface area contributed by atoms with Crippen molar-refractivity contribution in [2.45, 2.75) is 6.92 Å². The van der Waals surface area contributed by atoms with Gasteiger partial charge >= 0.3 is 0 Å². The molecule has 0 amide bonds. The zero-order valence-corrected chi connectivity index (χ0v) is 18.2. The molecule has 5 rings (SSSR count). The van der Waals surface area contributed by atoms with Crippen LogP contribution in [0.4, 0.5) is 11.6 Å². The molecule has 0 radical (unpaired) electrons. The van der Waals surface area contributed by atoms with Crippen LogP contribution in [0.5, 0.6) is 0 Å². The minimum absolute atomic E-state index is 0.0106. The number of aromatic nitrogens is 5. The lowest BCUT2D eigenvalue weighted by atomic mass is 10.1. The summed E-state index contributed by atoms with van der Waals surface area (Å²) >= 11 is 1.58. The average Bonchev–Trinajstić information content (AvgIpc) is 3.47. The molecule has 1 fully saturated rings. The summed E-state index contributed by atoms with van der Waals surface area (Å²) in [4.78, 5) is 18.9. The number of ketones is 1. The molecule has 4 aromatic rings. The summed E-state index contributed by atoms with van der Waals surface area (Å²) in [5.74, 6) is 0.335. The molecule has 31 heavy (non-hydrogen) atoms. The van der Waals surface area contributed by atoms with Gasteiger partial charge in [0, 0.05) is 35.8 Å². The van der Waals surface area contributed by atoms with Gasteiger partial charge in [-0.1, -0.05) is 0 Å². The number of nitrogens with zero attached hydrogens (tertiary/aromatic N) is 6. The van der Waals surface area contributed by atoms with Gasteiger partial charge in [0.05, 0.1) is 29.6 Å². The summed E-state index contributed by atoms with van der Waals surface area (Å²) in [6.45, 7) is 1.92. The normalized spacial score (nSPS) is 16.1. The fourth-order valence-electron chi connectivity index (χ4n) is 3.69. The highest BCUT2D eigenvalue weighted by atomic mass is 32.2. The zero-order chi connectivity index (χ0) is 21.8. The number of Topliss-reactive ketones (excluding diaryl/α,β-unsaturated/α-hetero) is 1. The van der Waals surface area contributed by atoms with E-state index in [0.29, 0.717) is 17.0 Å². The highest BCUT2D eigenvalue weighted by Gasteiger charge is 2.28. The molecule has 160 valence electrons. The van der Waals surface area contributed by atoms with E-state index in [1.165, 1.54) is 11.4 Å². The van der Waals surface area contributed by atoms with Crippen LogP contribution in [0.3, 0.4) is 0 Å². The molecule has 0 aromatic carbocycles. The van der Waals surface area contributed by atoms with Gasteiger partial charge in [-0.3, -0.25) is 4.79 Å². The van der Waals surface area contributed by atoms with E-state index < -0.39 is 9.84 Å². The van der Waals surface area contributed by atoms with E-state index in [9.17, 15) is 13.2 Å². The van der Waals surface area contributed by atoms with E-state index in [2.05, 4.69) is 10.2 Å². The second-order valence-corrected chi connectivity index (χ2v) is 10.4. The van der Waals surface area contributed by atoms with E-state index in [0.717, 1.165) is 11.3 Å². The van der Waals surface area contributed by atoms with Crippen LogP contribution in [-0.4, -0.2) is 63.2 Å². The number of nitrogens with two attached hydrogens (primary N) is 1. The summed E-state index contributed by atoms with van der Waals surface area (Å²) in [5, 5.41) is 12.7. The molecule has 0 spiro atoms. The molecule has 1 aliphatic rings. The number of carbonyl (C=O) groups is 1. The minimum atomic E-state index is -3.08. The summed E-state index contributed by atoms with van der Waals surface area (Å²) in [6.07, 6.45) is 5.24. The van der Waals surface area contributed by atoms with E-state index in [4.69, 9.17) is 10.7 Å². The molecule has 1 saturated heterocycles. The molecule has 0 saturated carbocycles. The average molecular weight is 458 g/mol. The molecule has 5 heterocycles. The van der Waals surface area contributed by atoms with E-state index in [1.807, 2.05) is 23.0 Å². The first-order valence-corrected chi connectivity index (χ1v) is 12.3. The maximum Gasteiger partial charge on any atom is 0.167 e. The van der Waals surface area contributed by atoms with Gasteiger partial charge in [0.25, 0.3) is 0 Å². The maximum absolute atomic E-state index is 12.4. The SMILES string of the molecule is CC(=O)c1c(N2CCS(=O)(=O)CC2)nc2c(-c3cnn(-c4ccsc4)c3)cnn2c1N. The Balaban J connectivity index is 1.64. The van der Waals surface area contributed by atoms with Crippen molar-refractivity contribution in [2.24, 2.45) is 0 Å². The Labute approximate surface area is 181 Å². The van der Waals surface area contributed by atoms with Crippen LogP contribution < -0.4 is 10.6 Å². The van der Waals surface area contributed by atoms with Gasteiger partial charge in [0.1, 0.15) is 17.2 Å². The molecule has 2 N–H and O–H groups in total. The predicted octanol–water partition coefficient (Wildman–Crippen LogP) is 1.66. The Kier molecular flexibility index (Phi) is 4.55. The van der Waals surface area contributed by atoms with Crippen LogP contribution in [0.1, 0.15) is 17.3 Å². The molecule has 0 atom stereocenters. The van der Waals surface area contributed by atoms with Gasteiger partial charge in [0.15, 0.2) is 21.3 Å². The molecule has 12 heteroatoms. The molecular formula is C19H19N7O3S2. The fourth-order valence-corrected chi connectivity index (χ4v) is 5.51. The lowest BCUT2D eigenvalue weighted by Gasteiger charge is -2.29. The van der Waals surface area contributed by atoms with Crippen LogP contribution in [0, 0.1) is 0 Å². The summed E-state index contributed by atoms with van der Waals surface area (Å²) in [6, 6.07) is 1.97. The van der Waals surface area contributed by atoms with Gasteiger partial charge in [0.2, 0.25) is 0 Å². The van der Waals surface area contributed by atoms with Crippen molar-refractivity contribution in [1.82, 2.24) is 24.4 Å². The van der Waals surface area contributed by atoms with Crippen molar-refractivity contribution >= 4 is 44.2 Å². The predicted molar refractivity (Wildman–Crippen MR) is 119 cm³/mol. The molecule has 0 unspecified atom stereocenters. The Morgan fingerprint density at radius 3 is 2.65 bits per heavy atom. The number of thiophene rings is 1. The zero-order valence-electron chi connectivity index (χ0n) is 16.6. The lowest BCUT2D eigenvalue weighted by Crippen LogP contribution is -2.41. The third-order valence-electron chi connectivity index (χ3n) is 5.32. The Morgan fingerprint density at radius 2 is 1.97 bits per heavy atom. The van der Waals surface area contributed by atoms with Crippen molar-refractivity contribution in [2.75, 3.05) is 35.2 Å². The molecule has 0 aliphatic carbocycles. The summed E-state index contributed by atoms with van der Waals surface area (Å²) < 4.78 is 26.9. The molecule has 0 bridgehead atoms. The van der Waals surface area contributed by atoms with Crippen molar-refractivity contribution in [1.29, 1.82) is 0 Å². The number of nitrogen functional groups attached to an aromatic ring is 1. The number of hydrogen-bond donors (Lipinski definition) is 1. The van der Waals surface area contributed by atoms with Gasteiger partial charge in [-0.25, -0.2) is 18.1 Å². The topological polar surface area (TPSA) is 128 Å². The van der Waals surface area contributed by atoms with Crippen molar-refractivity contribution in [3.63, 3.8) is 0 Å². The van der Waals surface area contributed by atoms with Gasteiger partial charge in [-0.05, 0) is 18.4 Å². The molecule has 10 nitrogen and oxygen atoms in total. The van der Waals surface area contributed by atoms with Crippen LogP contribution in [-0.2, 0) is 9.84 Å². The third-order valence-corrected chi connectivity index (χ3v) is 7.60. The number of sulfone groups is 1. The number of hydrogen-bond acceptors (Lipinski definition) is 9. The Morgan fingerprint density at radius 1 is 1.19 bits per heavy atom. The second kappa shape index (κ2) is 7.17. The molecule has 4 aromatic heterocycles. The van der Waals surface area contributed by atoms with Gasteiger partial charge < -0.3 is 10.6 Å². The number of rotatable bonds is 4. The van der Waals surface area contributed by atoms with Crippen LogP contribution in [0.15, 0.2) is 35.4 Å². The van der Waals surface area contributed by atoms with Crippen LogP contribution in [0.25, 0.3) is 22.5 Å². The van der Waals surface area contributed by atoms with Crippen molar-refractivity contribution < 1.29 is 13.2 Å². The second-order valence-electron chi connectivity index (χ2n) is 7.34. The van der Waals surface area contributed by atoms with E-state index >= 15 is 0 Å². The quantitative estimate of drug-likeness (QED) is 0.458. The van der Waals surface area contributed by atoms with Crippen LogP contribution in [0.2, 0.25) is 0 Å². The lowest BCUT2D eigenvalue weighted by molar-refractivity contribution is 0.101. The summed E-state index contributed by atoms with van der Waals surface area (Å²) in [5.41, 5.74) is 9.53. The fraction of sp³-hybridized carbons (Fsp3) is 0.263. The first-order valence-electron chi connectivity index (χ1n) is 9.55. The first-order chi connectivity index (χ1) is 14.8. The monoisotopic (exact) mass is 457 g/mol. The third kappa shape index (κ3) is 3.37. The summed E-state index contributed by atoms with van der Waals surface area (Å²) in [7, 11) is -3.08. The Hall–Kier alpha value is -3.25. The van der Waals surface area contributed by atoms with E-state index in [1.54, 1.807) is 33.3 Å². The van der Waals surface area contributed by atoms with Gasteiger partial charge in [-0.15, -0.1) is 0 Å². The Bertz CT molecular complexity index is 1390. The van der Waals surface area contributed by atoms with Crippen LogP contribution >= 0.6 is 11.3 Å². The highest BCUT2D eigenvalue weighted by molar-refractivity contribution is 7.91. The maximum atomic E-state index is 12.4. The van der Waals surface area contributed by atoms with Gasteiger partial charge in [-0.2, -0.15) is 26.0 Å². The minimum Gasteiger partial charge on any atom is -0.383 e. The van der Waals surface area contributed by atoms with Crippen molar-refractivity contribution in [3.8, 4) is 16.8 Å². The highest BCUT2D eigenvalue weighted by Crippen LogP contribution is 2.32. The van der Waals surface area contributed by atoms with Crippen molar-refractivity contribution in [3.05, 3.63) is 41.0 Å². The van der Waals surface area contributed by atoms with E-state index in [-0.39, 0.29) is 41.8 Å². The largest absolute Gasteiger partial charge is 0.383 e. The smallest absolute Gasteiger partial charge is 0.167 e. The number of carbonyl (C=O) groups excluding carboxylic acids is 1.